The lowest BCUT2D eigenvalue weighted by Crippen LogP contribution is -2.33. The summed E-state index contributed by atoms with van der Waals surface area (Å²) in [4.78, 5) is 0. The summed E-state index contributed by atoms with van der Waals surface area (Å²) in [5.74, 6) is 0.982. The van der Waals surface area contributed by atoms with Gasteiger partial charge in [-0.1, -0.05) is 35.9 Å². The number of halogens is 2. The predicted molar refractivity (Wildman–Crippen MR) is 131 cm³/mol. The predicted octanol–water partition coefficient (Wildman–Crippen LogP) is 5.97. The van der Waals surface area contributed by atoms with Gasteiger partial charge in [-0.3, -0.25) is 0 Å². The maximum atomic E-state index is 13.4. The third-order valence-electron chi connectivity index (χ3n) is 6.26. The molecule has 1 aliphatic heterocycles. The van der Waals surface area contributed by atoms with Gasteiger partial charge >= 0.3 is 0 Å². The van der Waals surface area contributed by atoms with Gasteiger partial charge in [-0.2, -0.15) is 0 Å². The summed E-state index contributed by atoms with van der Waals surface area (Å²) in [5.41, 5.74) is 3.45. The number of rotatable bonds is 7. The maximum Gasteiger partial charge on any atom is 0.146 e. The van der Waals surface area contributed by atoms with Crippen LogP contribution < -0.4 is 4.74 Å². The second-order valence-electron chi connectivity index (χ2n) is 8.91. The molecule has 0 aliphatic carbocycles. The third kappa shape index (κ3) is 5.68. The second-order valence-corrected chi connectivity index (χ2v) is 9.32. The normalized spacial score (nSPS) is 20.3. The summed E-state index contributed by atoms with van der Waals surface area (Å²) >= 11 is 6.47. The van der Waals surface area contributed by atoms with E-state index in [4.69, 9.17) is 25.5 Å². The van der Waals surface area contributed by atoms with Gasteiger partial charge in [0.05, 0.1) is 24.9 Å². The first kappa shape index (κ1) is 23.8. The first-order valence-electron chi connectivity index (χ1n) is 11.6. The van der Waals surface area contributed by atoms with E-state index in [1.807, 2.05) is 48.5 Å². The highest BCUT2D eigenvalue weighted by Crippen LogP contribution is 2.34. The highest BCUT2D eigenvalue weighted by atomic mass is 35.5. The Balaban J connectivity index is 1.23. The van der Waals surface area contributed by atoms with E-state index in [2.05, 4.69) is 0 Å². The van der Waals surface area contributed by atoms with Gasteiger partial charge in [0.15, 0.2) is 0 Å². The van der Waals surface area contributed by atoms with Crippen LogP contribution in [0.3, 0.4) is 0 Å². The van der Waals surface area contributed by atoms with Crippen LogP contribution in [-0.2, 0) is 17.8 Å². The van der Waals surface area contributed by atoms with Crippen molar-refractivity contribution >= 4 is 22.6 Å². The molecule has 0 saturated carbocycles. The van der Waals surface area contributed by atoms with Gasteiger partial charge in [-0.05, 0) is 59.5 Å². The minimum absolute atomic E-state index is 0.114. The molecule has 35 heavy (non-hydrogen) atoms. The lowest BCUT2D eigenvalue weighted by Gasteiger charge is -2.32. The molecule has 1 saturated heterocycles. The molecular weight excluding hydrogens is 471 g/mol. The van der Waals surface area contributed by atoms with E-state index in [-0.39, 0.29) is 31.2 Å². The van der Waals surface area contributed by atoms with Crippen LogP contribution in [0.4, 0.5) is 4.39 Å². The second kappa shape index (κ2) is 10.4. The molecule has 5 rings (SSSR count). The van der Waals surface area contributed by atoms with Crippen molar-refractivity contribution in [2.24, 2.45) is 0 Å². The average Bonchev–Trinajstić information content (AvgIpc) is 3.26. The van der Waals surface area contributed by atoms with E-state index in [1.54, 1.807) is 6.07 Å². The maximum absolute atomic E-state index is 13.4. The third-order valence-corrected chi connectivity index (χ3v) is 6.62. The fourth-order valence-corrected chi connectivity index (χ4v) is 4.65. The van der Waals surface area contributed by atoms with Gasteiger partial charge in [0.2, 0.25) is 0 Å². The highest BCUT2D eigenvalue weighted by molar-refractivity contribution is 6.31. The SMILES string of the molecule is OCC1CC(O)CC(c2ccc(Cl)c(Cc3ccc(OCc4cc5ccc(F)cc5o4)cc3)c2)O1. The van der Waals surface area contributed by atoms with Crippen molar-refractivity contribution in [3.05, 3.63) is 100 Å². The van der Waals surface area contributed by atoms with Crippen molar-refractivity contribution in [2.45, 2.75) is 44.2 Å². The zero-order valence-electron chi connectivity index (χ0n) is 19.0. The average molecular weight is 497 g/mol. The Bertz CT molecular complexity index is 1300. The fourth-order valence-electron chi connectivity index (χ4n) is 4.46. The molecular formula is C28H26ClFO5. The Morgan fingerprint density at radius 1 is 1.00 bits per heavy atom. The van der Waals surface area contributed by atoms with Crippen molar-refractivity contribution in [2.75, 3.05) is 6.61 Å². The van der Waals surface area contributed by atoms with E-state index < -0.39 is 6.10 Å². The van der Waals surface area contributed by atoms with Crippen LogP contribution in [0.1, 0.15) is 41.4 Å². The van der Waals surface area contributed by atoms with Crippen LogP contribution in [0.25, 0.3) is 11.0 Å². The van der Waals surface area contributed by atoms with Crippen LogP contribution in [0.2, 0.25) is 5.02 Å². The van der Waals surface area contributed by atoms with Crippen molar-refractivity contribution in [1.29, 1.82) is 0 Å². The lowest BCUT2D eigenvalue weighted by molar-refractivity contribution is -0.113. The topological polar surface area (TPSA) is 72.1 Å². The minimum Gasteiger partial charge on any atom is -0.486 e. The largest absolute Gasteiger partial charge is 0.486 e. The highest BCUT2D eigenvalue weighted by Gasteiger charge is 2.29. The number of furan rings is 1. The molecule has 4 aromatic rings. The molecule has 0 radical (unpaired) electrons. The molecule has 5 nitrogen and oxygen atoms in total. The number of fused-ring (bicyclic) bond motifs is 1. The smallest absolute Gasteiger partial charge is 0.146 e. The molecule has 2 heterocycles. The Hall–Kier alpha value is -2.90. The molecule has 182 valence electrons. The standard InChI is InChI=1S/C28H26ClFO5/c29-26-8-4-18(28-14-22(32)13-24(15-31)34-28)10-20(26)9-17-1-6-23(7-2-17)33-16-25-11-19-3-5-21(30)12-27(19)35-25/h1-8,10-12,22,24,28,31-32H,9,13-16H2. The van der Waals surface area contributed by atoms with Crippen LogP contribution in [0, 0.1) is 5.82 Å². The van der Waals surface area contributed by atoms with Gasteiger partial charge in [-0.15, -0.1) is 0 Å². The number of ether oxygens (including phenoxy) is 2. The van der Waals surface area contributed by atoms with Crippen molar-refractivity contribution in [1.82, 2.24) is 0 Å². The summed E-state index contributed by atoms with van der Waals surface area (Å²) in [6, 6.07) is 19.8. The first-order chi connectivity index (χ1) is 17.0. The Morgan fingerprint density at radius 2 is 1.83 bits per heavy atom. The van der Waals surface area contributed by atoms with E-state index in [0.717, 1.165) is 22.1 Å². The zero-order chi connectivity index (χ0) is 24.4. The molecule has 3 aromatic carbocycles. The molecule has 3 atom stereocenters. The van der Waals surface area contributed by atoms with Crippen LogP contribution in [0.5, 0.6) is 5.75 Å². The number of aliphatic hydroxyl groups excluding tert-OH is 2. The molecule has 1 aromatic heterocycles. The number of hydrogen-bond acceptors (Lipinski definition) is 5. The van der Waals surface area contributed by atoms with Gasteiger partial charge in [-0.25, -0.2) is 4.39 Å². The summed E-state index contributed by atoms with van der Waals surface area (Å²) in [7, 11) is 0. The molecule has 2 N–H and O–H groups in total. The Labute approximate surface area is 207 Å². The van der Waals surface area contributed by atoms with Crippen molar-refractivity contribution in [3.63, 3.8) is 0 Å². The molecule has 7 heteroatoms. The monoisotopic (exact) mass is 496 g/mol. The molecule has 0 bridgehead atoms. The molecule has 0 spiro atoms. The van der Waals surface area contributed by atoms with Gasteiger partial charge in [0.1, 0.15) is 29.5 Å². The molecule has 0 amide bonds. The van der Waals surface area contributed by atoms with Gasteiger partial charge in [0, 0.05) is 29.3 Å². The number of aliphatic hydroxyl groups is 2. The van der Waals surface area contributed by atoms with Crippen LogP contribution in [0.15, 0.2) is 71.1 Å². The quantitative estimate of drug-likeness (QED) is 0.330. The van der Waals surface area contributed by atoms with Gasteiger partial charge < -0.3 is 24.1 Å². The number of benzene rings is 3. The van der Waals surface area contributed by atoms with Gasteiger partial charge in [0.25, 0.3) is 0 Å². The molecule has 3 unspecified atom stereocenters. The van der Waals surface area contributed by atoms with Crippen LogP contribution in [-0.4, -0.2) is 29.0 Å². The minimum atomic E-state index is -0.502. The first-order valence-corrected chi connectivity index (χ1v) is 12.0. The summed E-state index contributed by atoms with van der Waals surface area (Å²) in [6.07, 6.45) is 0.410. The fraction of sp³-hybridized carbons (Fsp3) is 0.286. The lowest BCUT2D eigenvalue weighted by atomic mass is 9.94. The van der Waals surface area contributed by atoms with Crippen LogP contribution >= 0.6 is 11.6 Å². The molecule has 1 aliphatic rings. The van der Waals surface area contributed by atoms with E-state index >= 15 is 0 Å². The van der Waals surface area contributed by atoms with Crippen molar-refractivity contribution < 1.29 is 28.5 Å². The summed E-state index contributed by atoms with van der Waals surface area (Å²) in [6.45, 7) is 0.128. The van der Waals surface area contributed by atoms with E-state index in [1.165, 1.54) is 12.1 Å². The Kier molecular flexibility index (Phi) is 7.07. The summed E-state index contributed by atoms with van der Waals surface area (Å²) in [5, 5.41) is 21.1. The van der Waals surface area contributed by atoms with Crippen molar-refractivity contribution in [3.8, 4) is 5.75 Å². The molecule has 1 fully saturated rings. The Morgan fingerprint density at radius 3 is 2.63 bits per heavy atom. The summed E-state index contributed by atoms with van der Waals surface area (Å²) < 4.78 is 30.8. The van der Waals surface area contributed by atoms with E-state index in [0.29, 0.717) is 41.4 Å². The van der Waals surface area contributed by atoms with E-state index in [9.17, 15) is 14.6 Å². The number of hydrogen-bond donors (Lipinski definition) is 2. The zero-order valence-corrected chi connectivity index (χ0v) is 19.7.